The molecule has 0 spiro atoms. The summed E-state index contributed by atoms with van der Waals surface area (Å²) in [6, 6.07) is 9.32. The normalized spacial score (nSPS) is 14.5. The van der Waals surface area contributed by atoms with Gasteiger partial charge in [0.05, 0.1) is 28.6 Å². The maximum absolute atomic E-state index is 12.7. The molecule has 170 valence electrons. The maximum atomic E-state index is 12.7. The highest BCUT2D eigenvalue weighted by Gasteiger charge is 2.27. The monoisotopic (exact) mass is 463 g/mol. The second-order valence-corrected chi connectivity index (χ2v) is 8.86. The van der Waals surface area contributed by atoms with E-state index in [1.165, 1.54) is 46.8 Å². The first-order valence-electron chi connectivity index (χ1n) is 9.58. The van der Waals surface area contributed by atoms with Crippen LogP contribution >= 0.6 is 0 Å². The Balaban J connectivity index is 1.62. The molecule has 32 heavy (non-hydrogen) atoms. The van der Waals surface area contributed by atoms with Gasteiger partial charge in [-0.15, -0.1) is 0 Å². The topological polar surface area (TPSA) is 145 Å². The van der Waals surface area contributed by atoms with Crippen molar-refractivity contribution in [2.45, 2.75) is 11.8 Å². The molecule has 1 N–H and O–H groups in total. The summed E-state index contributed by atoms with van der Waals surface area (Å²) in [4.78, 5) is 34.6. The lowest BCUT2D eigenvalue weighted by molar-refractivity contribution is -0.384. The zero-order valence-electron chi connectivity index (χ0n) is 17.1. The van der Waals surface area contributed by atoms with E-state index in [0.717, 1.165) is 0 Å². The number of morpholine rings is 1. The van der Waals surface area contributed by atoms with Crippen LogP contribution in [0.3, 0.4) is 0 Å². The van der Waals surface area contributed by atoms with Gasteiger partial charge in [0.2, 0.25) is 10.0 Å². The fourth-order valence-corrected chi connectivity index (χ4v) is 4.48. The third kappa shape index (κ3) is 5.46. The van der Waals surface area contributed by atoms with Gasteiger partial charge in [-0.05, 0) is 36.8 Å². The standard InChI is InChI=1S/C20H21N3O8S/c1-14-11-16(23(26)27)5-6-18(14)21-19(24)13-31-20(25)15-3-2-4-17(12-15)32(28,29)22-7-9-30-10-8-22/h2-6,11-12H,7-10,13H2,1H3,(H,21,24). The lowest BCUT2D eigenvalue weighted by Crippen LogP contribution is -2.40. The lowest BCUT2D eigenvalue weighted by atomic mass is 10.2. The molecule has 2 aromatic rings. The molecule has 12 heteroatoms. The van der Waals surface area contributed by atoms with Crippen molar-refractivity contribution in [2.75, 3.05) is 38.2 Å². The Morgan fingerprint density at radius 1 is 1.19 bits per heavy atom. The number of carbonyl (C=O) groups is 2. The average molecular weight is 463 g/mol. The van der Waals surface area contributed by atoms with Crippen LogP contribution in [0.1, 0.15) is 15.9 Å². The number of amides is 1. The molecule has 1 amide bonds. The summed E-state index contributed by atoms with van der Waals surface area (Å²) in [5, 5.41) is 13.3. The van der Waals surface area contributed by atoms with Crippen LogP contribution in [-0.2, 0) is 24.3 Å². The molecular formula is C20H21N3O8S. The second kappa shape index (κ2) is 9.85. The van der Waals surface area contributed by atoms with Crippen LogP contribution in [0.15, 0.2) is 47.4 Å². The third-order valence-corrected chi connectivity index (χ3v) is 6.60. The molecule has 1 fully saturated rings. The Morgan fingerprint density at radius 3 is 2.56 bits per heavy atom. The zero-order chi connectivity index (χ0) is 23.3. The fraction of sp³-hybridized carbons (Fsp3) is 0.300. The molecule has 11 nitrogen and oxygen atoms in total. The Hall–Kier alpha value is -3.35. The van der Waals surface area contributed by atoms with E-state index in [1.54, 1.807) is 6.92 Å². The summed E-state index contributed by atoms with van der Waals surface area (Å²) in [6.07, 6.45) is 0. The van der Waals surface area contributed by atoms with Gasteiger partial charge in [-0.2, -0.15) is 4.31 Å². The van der Waals surface area contributed by atoms with Gasteiger partial charge in [-0.25, -0.2) is 13.2 Å². The number of esters is 1. The molecule has 1 heterocycles. The van der Waals surface area contributed by atoms with Crippen molar-refractivity contribution in [2.24, 2.45) is 0 Å². The molecule has 0 aromatic heterocycles. The Bertz CT molecular complexity index is 1140. The number of nitro benzene ring substituents is 1. The molecule has 0 bridgehead atoms. The summed E-state index contributed by atoms with van der Waals surface area (Å²) in [6.45, 7) is 2.01. The van der Waals surface area contributed by atoms with Crippen molar-refractivity contribution in [3.8, 4) is 0 Å². The summed E-state index contributed by atoms with van der Waals surface area (Å²) < 4.78 is 36.9. The zero-order valence-corrected chi connectivity index (χ0v) is 18.0. The van der Waals surface area contributed by atoms with Gasteiger partial charge >= 0.3 is 5.97 Å². The number of nitro groups is 1. The first kappa shape index (κ1) is 23.3. The number of nitrogens with zero attached hydrogens (tertiary/aromatic N) is 2. The van der Waals surface area contributed by atoms with E-state index < -0.39 is 33.4 Å². The molecule has 0 radical (unpaired) electrons. The minimum absolute atomic E-state index is 0.0151. The number of non-ortho nitro benzene ring substituents is 1. The largest absolute Gasteiger partial charge is 0.452 e. The van der Waals surface area contributed by atoms with Crippen LogP contribution in [0.25, 0.3) is 0 Å². The van der Waals surface area contributed by atoms with Crippen LogP contribution in [0.2, 0.25) is 0 Å². The van der Waals surface area contributed by atoms with Gasteiger partial charge in [0.25, 0.3) is 11.6 Å². The summed E-state index contributed by atoms with van der Waals surface area (Å²) in [7, 11) is -3.79. The van der Waals surface area contributed by atoms with E-state index in [4.69, 9.17) is 9.47 Å². The number of sulfonamides is 1. The summed E-state index contributed by atoms with van der Waals surface area (Å²) in [5.41, 5.74) is 0.688. The maximum Gasteiger partial charge on any atom is 0.338 e. The van der Waals surface area contributed by atoms with Gasteiger partial charge in [-0.3, -0.25) is 14.9 Å². The fourth-order valence-electron chi connectivity index (χ4n) is 3.02. The number of hydrogen-bond donors (Lipinski definition) is 1. The van der Waals surface area contributed by atoms with Gasteiger partial charge in [0.15, 0.2) is 6.61 Å². The minimum Gasteiger partial charge on any atom is -0.452 e. The van der Waals surface area contributed by atoms with Crippen LogP contribution in [0.5, 0.6) is 0 Å². The van der Waals surface area contributed by atoms with E-state index in [-0.39, 0.29) is 29.2 Å². The third-order valence-electron chi connectivity index (χ3n) is 4.71. The number of anilines is 1. The van der Waals surface area contributed by atoms with E-state index in [1.807, 2.05) is 0 Å². The van der Waals surface area contributed by atoms with Gasteiger partial charge in [0.1, 0.15) is 0 Å². The van der Waals surface area contributed by atoms with Crippen LogP contribution in [-0.4, -0.2) is 62.4 Å². The highest BCUT2D eigenvalue weighted by Crippen LogP contribution is 2.21. The highest BCUT2D eigenvalue weighted by molar-refractivity contribution is 7.89. The van der Waals surface area contributed by atoms with Crippen molar-refractivity contribution >= 4 is 33.3 Å². The number of carbonyl (C=O) groups excluding carboxylic acids is 2. The quantitative estimate of drug-likeness (QED) is 0.371. The van der Waals surface area contributed by atoms with Crippen molar-refractivity contribution in [3.63, 3.8) is 0 Å². The molecule has 0 aliphatic carbocycles. The smallest absolute Gasteiger partial charge is 0.338 e. The summed E-state index contributed by atoms with van der Waals surface area (Å²) in [5.74, 6) is -1.51. The predicted octanol–water partition coefficient (Wildman–Crippen LogP) is 1.72. The van der Waals surface area contributed by atoms with Crippen molar-refractivity contribution < 1.29 is 32.4 Å². The first-order chi connectivity index (χ1) is 15.2. The van der Waals surface area contributed by atoms with E-state index in [0.29, 0.717) is 24.5 Å². The number of hydrogen-bond acceptors (Lipinski definition) is 8. The molecule has 1 aliphatic heterocycles. The van der Waals surface area contributed by atoms with E-state index in [2.05, 4.69) is 5.32 Å². The number of nitrogens with one attached hydrogen (secondary N) is 1. The van der Waals surface area contributed by atoms with Crippen molar-refractivity contribution in [1.82, 2.24) is 4.31 Å². The first-order valence-corrected chi connectivity index (χ1v) is 11.0. The van der Waals surface area contributed by atoms with Crippen molar-refractivity contribution in [1.29, 1.82) is 0 Å². The Labute approximate surface area is 184 Å². The minimum atomic E-state index is -3.79. The molecule has 0 unspecified atom stereocenters. The number of ether oxygens (including phenoxy) is 2. The molecule has 3 rings (SSSR count). The lowest BCUT2D eigenvalue weighted by Gasteiger charge is -2.26. The SMILES string of the molecule is Cc1cc([N+](=O)[O-])ccc1NC(=O)COC(=O)c1cccc(S(=O)(=O)N2CCOCC2)c1. The second-order valence-electron chi connectivity index (χ2n) is 6.92. The Morgan fingerprint density at radius 2 is 1.91 bits per heavy atom. The van der Waals surface area contributed by atoms with Crippen LogP contribution in [0, 0.1) is 17.0 Å². The molecule has 2 aromatic carbocycles. The predicted molar refractivity (Wildman–Crippen MR) is 113 cm³/mol. The average Bonchev–Trinajstić information content (AvgIpc) is 2.79. The number of aryl methyl sites for hydroxylation is 1. The highest BCUT2D eigenvalue weighted by atomic mass is 32.2. The number of rotatable bonds is 7. The van der Waals surface area contributed by atoms with E-state index in [9.17, 15) is 28.1 Å². The van der Waals surface area contributed by atoms with Gasteiger partial charge < -0.3 is 14.8 Å². The van der Waals surface area contributed by atoms with Crippen molar-refractivity contribution in [3.05, 3.63) is 63.7 Å². The molecule has 1 aliphatic rings. The van der Waals surface area contributed by atoms with Gasteiger partial charge in [-0.1, -0.05) is 6.07 Å². The van der Waals surface area contributed by atoms with E-state index >= 15 is 0 Å². The molecule has 1 saturated heterocycles. The van der Waals surface area contributed by atoms with Gasteiger partial charge in [0, 0.05) is 30.9 Å². The molecule has 0 saturated carbocycles. The molecular weight excluding hydrogens is 442 g/mol. The number of benzene rings is 2. The van der Waals surface area contributed by atoms with Crippen LogP contribution in [0.4, 0.5) is 11.4 Å². The van der Waals surface area contributed by atoms with Crippen LogP contribution < -0.4 is 5.32 Å². The Kier molecular flexibility index (Phi) is 7.18. The molecule has 0 atom stereocenters. The summed E-state index contributed by atoms with van der Waals surface area (Å²) >= 11 is 0.